The van der Waals surface area contributed by atoms with Gasteiger partial charge in [-0.1, -0.05) is 0 Å². The Labute approximate surface area is 138 Å². The Morgan fingerprint density at radius 2 is 1.62 bits per heavy atom. The van der Waals surface area contributed by atoms with Gasteiger partial charge in [-0.15, -0.1) is 0 Å². The summed E-state index contributed by atoms with van der Waals surface area (Å²) in [4.78, 5) is 39.2. The molecule has 0 saturated carbocycles. The van der Waals surface area contributed by atoms with E-state index in [0.717, 1.165) is 0 Å². The number of carbonyl (C=O) groups is 3. The van der Waals surface area contributed by atoms with Gasteiger partial charge in [-0.05, 0) is 24.3 Å². The first-order valence-corrected chi connectivity index (χ1v) is 7.57. The predicted octanol–water partition coefficient (Wildman–Crippen LogP) is 0.473. The first-order chi connectivity index (χ1) is 11.6. The number of nitrogens with zero attached hydrogens (tertiary/aromatic N) is 2. The topological polar surface area (TPSA) is 96.0 Å². The van der Waals surface area contributed by atoms with Crippen molar-refractivity contribution in [3.63, 3.8) is 0 Å². The van der Waals surface area contributed by atoms with E-state index in [4.69, 9.17) is 8.83 Å². The zero-order valence-corrected chi connectivity index (χ0v) is 12.9. The van der Waals surface area contributed by atoms with Gasteiger partial charge in [-0.2, -0.15) is 0 Å². The normalized spacial score (nSPS) is 14.5. The van der Waals surface area contributed by atoms with Gasteiger partial charge in [-0.25, -0.2) is 0 Å². The number of nitrogens with one attached hydrogen (secondary N) is 1. The number of carbonyl (C=O) groups excluding carboxylic acids is 3. The molecule has 1 saturated heterocycles. The van der Waals surface area contributed by atoms with Crippen molar-refractivity contribution in [3.05, 3.63) is 48.3 Å². The second-order valence-electron chi connectivity index (χ2n) is 5.32. The van der Waals surface area contributed by atoms with E-state index >= 15 is 0 Å². The maximum atomic E-state index is 12.1. The lowest BCUT2D eigenvalue weighted by atomic mass is 10.2. The van der Waals surface area contributed by atoms with Gasteiger partial charge in [0.1, 0.15) is 5.76 Å². The van der Waals surface area contributed by atoms with Crippen molar-refractivity contribution >= 4 is 17.7 Å². The third-order valence-electron chi connectivity index (χ3n) is 3.78. The molecular formula is C16H17N3O5. The van der Waals surface area contributed by atoms with Crippen LogP contribution in [-0.2, 0) is 16.1 Å². The van der Waals surface area contributed by atoms with Crippen LogP contribution in [0.2, 0.25) is 0 Å². The third-order valence-corrected chi connectivity index (χ3v) is 3.78. The van der Waals surface area contributed by atoms with Crippen LogP contribution in [-0.4, -0.2) is 53.7 Å². The Balaban J connectivity index is 1.48. The maximum Gasteiger partial charge on any atom is 0.312 e. The molecule has 3 rings (SSSR count). The van der Waals surface area contributed by atoms with Crippen molar-refractivity contribution in [2.24, 2.45) is 0 Å². The van der Waals surface area contributed by atoms with Gasteiger partial charge in [-0.3, -0.25) is 14.4 Å². The third kappa shape index (κ3) is 3.48. The van der Waals surface area contributed by atoms with E-state index in [9.17, 15) is 14.4 Å². The summed E-state index contributed by atoms with van der Waals surface area (Å²) in [6.45, 7) is 1.49. The van der Waals surface area contributed by atoms with Crippen LogP contribution < -0.4 is 5.32 Å². The molecule has 0 bridgehead atoms. The number of amides is 3. The van der Waals surface area contributed by atoms with E-state index in [-0.39, 0.29) is 18.2 Å². The van der Waals surface area contributed by atoms with Crippen LogP contribution in [0.1, 0.15) is 16.3 Å². The lowest BCUT2D eigenvalue weighted by Crippen LogP contribution is -2.53. The van der Waals surface area contributed by atoms with Crippen LogP contribution >= 0.6 is 0 Å². The highest BCUT2D eigenvalue weighted by molar-refractivity contribution is 6.35. The zero-order chi connectivity index (χ0) is 16.9. The molecule has 126 valence electrons. The molecular weight excluding hydrogens is 314 g/mol. The number of hydrogen-bond donors (Lipinski definition) is 1. The minimum atomic E-state index is -0.683. The molecule has 1 fully saturated rings. The smallest absolute Gasteiger partial charge is 0.312 e. The number of rotatable bonds is 3. The van der Waals surface area contributed by atoms with E-state index < -0.39 is 11.8 Å². The van der Waals surface area contributed by atoms with Gasteiger partial charge in [0, 0.05) is 26.2 Å². The minimum Gasteiger partial charge on any atom is -0.467 e. The zero-order valence-electron chi connectivity index (χ0n) is 12.9. The summed E-state index contributed by atoms with van der Waals surface area (Å²) >= 11 is 0. The van der Waals surface area contributed by atoms with Crippen molar-refractivity contribution in [2.75, 3.05) is 26.2 Å². The lowest BCUT2D eigenvalue weighted by molar-refractivity contribution is -0.146. The number of piperazine rings is 1. The minimum absolute atomic E-state index is 0.161. The molecule has 1 N–H and O–H groups in total. The van der Waals surface area contributed by atoms with Gasteiger partial charge in [0.15, 0.2) is 5.76 Å². The molecule has 2 aromatic heterocycles. The van der Waals surface area contributed by atoms with Crippen molar-refractivity contribution in [1.29, 1.82) is 0 Å². The Morgan fingerprint density at radius 3 is 2.25 bits per heavy atom. The summed E-state index contributed by atoms with van der Waals surface area (Å²) in [6.07, 6.45) is 2.94. The quantitative estimate of drug-likeness (QED) is 0.825. The molecule has 3 heterocycles. The summed E-state index contributed by atoms with van der Waals surface area (Å²) in [5.74, 6) is -0.658. The van der Waals surface area contributed by atoms with Gasteiger partial charge >= 0.3 is 11.8 Å². The van der Waals surface area contributed by atoms with Crippen molar-refractivity contribution < 1.29 is 23.2 Å². The van der Waals surface area contributed by atoms with E-state index in [2.05, 4.69) is 5.32 Å². The van der Waals surface area contributed by atoms with Gasteiger partial charge in [0.05, 0.1) is 19.1 Å². The molecule has 2 aromatic rings. The first-order valence-electron chi connectivity index (χ1n) is 7.57. The van der Waals surface area contributed by atoms with Gasteiger partial charge < -0.3 is 24.0 Å². The van der Waals surface area contributed by atoms with Crippen LogP contribution in [0, 0.1) is 0 Å². The molecule has 0 aromatic carbocycles. The highest BCUT2D eigenvalue weighted by Crippen LogP contribution is 2.09. The molecule has 0 unspecified atom stereocenters. The van der Waals surface area contributed by atoms with Crippen LogP contribution in [0.3, 0.4) is 0 Å². The second-order valence-corrected chi connectivity index (χ2v) is 5.32. The number of furan rings is 2. The Hall–Kier alpha value is -3.03. The molecule has 8 nitrogen and oxygen atoms in total. The summed E-state index contributed by atoms with van der Waals surface area (Å²) < 4.78 is 10.2. The summed E-state index contributed by atoms with van der Waals surface area (Å²) in [6, 6.07) is 6.67. The highest BCUT2D eigenvalue weighted by atomic mass is 16.3. The SMILES string of the molecule is O=C(NCc1ccco1)C(=O)N1CCN(C(=O)c2ccco2)CC1. The van der Waals surface area contributed by atoms with Gasteiger partial charge in [0.2, 0.25) is 0 Å². The summed E-state index contributed by atoms with van der Waals surface area (Å²) in [7, 11) is 0. The van der Waals surface area contributed by atoms with Crippen molar-refractivity contribution in [2.45, 2.75) is 6.54 Å². The monoisotopic (exact) mass is 331 g/mol. The van der Waals surface area contributed by atoms with E-state index in [1.165, 1.54) is 17.4 Å². The Kier molecular flexibility index (Phi) is 4.64. The Bertz CT molecular complexity index is 700. The molecule has 0 spiro atoms. The largest absolute Gasteiger partial charge is 0.467 e. The molecule has 24 heavy (non-hydrogen) atoms. The fourth-order valence-electron chi connectivity index (χ4n) is 2.47. The van der Waals surface area contributed by atoms with Crippen molar-refractivity contribution in [3.8, 4) is 0 Å². The Morgan fingerprint density at radius 1 is 0.958 bits per heavy atom. The van der Waals surface area contributed by atoms with E-state index in [1.54, 1.807) is 29.2 Å². The summed E-state index contributed by atoms with van der Waals surface area (Å²) in [5.41, 5.74) is 0. The molecule has 0 radical (unpaired) electrons. The maximum absolute atomic E-state index is 12.1. The van der Waals surface area contributed by atoms with Gasteiger partial charge in [0.25, 0.3) is 5.91 Å². The van der Waals surface area contributed by atoms with Crippen LogP contribution in [0.4, 0.5) is 0 Å². The lowest BCUT2D eigenvalue weighted by Gasteiger charge is -2.33. The molecule has 8 heteroatoms. The van der Waals surface area contributed by atoms with E-state index in [0.29, 0.717) is 31.9 Å². The standard InChI is InChI=1S/C16H17N3O5/c20-14(17-11-12-3-1-9-23-12)16(22)19-7-5-18(6-8-19)15(21)13-4-2-10-24-13/h1-4,9-10H,5-8,11H2,(H,17,20). The van der Waals surface area contributed by atoms with E-state index in [1.807, 2.05) is 0 Å². The molecule has 3 amide bonds. The predicted molar refractivity (Wildman–Crippen MR) is 81.7 cm³/mol. The van der Waals surface area contributed by atoms with Crippen LogP contribution in [0.15, 0.2) is 45.6 Å². The molecule has 0 aliphatic carbocycles. The fourth-order valence-corrected chi connectivity index (χ4v) is 2.47. The average molecular weight is 331 g/mol. The fraction of sp³-hybridized carbons (Fsp3) is 0.312. The first kappa shape index (κ1) is 15.9. The molecule has 1 aliphatic rings. The number of hydrogen-bond acceptors (Lipinski definition) is 5. The average Bonchev–Trinajstić information content (AvgIpc) is 3.32. The second kappa shape index (κ2) is 7.03. The summed E-state index contributed by atoms with van der Waals surface area (Å²) in [5, 5.41) is 2.52. The van der Waals surface area contributed by atoms with Crippen LogP contribution in [0.5, 0.6) is 0 Å². The highest BCUT2D eigenvalue weighted by Gasteiger charge is 2.28. The molecule has 1 aliphatic heterocycles. The molecule has 0 atom stereocenters. The van der Waals surface area contributed by atoms with Crippen molar-refractivity contribution in [1.82, 2.24) is 15.1 Å². The van der Waals surface area contributed by atoms with Crippen LogP contribution in [0.25, 0.3) is 0 Å².